The third-order valence-corrected chi connectivity index (χ3v) is 5.86. The number of carbonyl (C=O) groups is 3. The van der Waals surface area contributed by atoms with Gasteiger partial charge in [0.2, 0.25) is 0 Å². The van der Waals surface area contributed by atoms with E-state index in [1.54, 1.807) is 60.7 Å². The lowest BCUT2D eigenvalue weighted by Crippen LogP contribution is -2.55. The Balaban J connectivity index is 2.01. The molecule has 168 valence electrons. The maximum atomic E-state index is 13.6. The molecule has 9 nitrogen and oxygen atoms in total. The van der Waals surface area contributed by atoms with E-state index in [0.29, 0.717) is 11.3 Å². The van der Waals surface area contributed by atoms with E-state index in [0.717, 1.165) is 14.2 Å². The maximum absolute atomic E-state index is 13.6. The van der Waals surface area contributed by atoms with Gasteiger partial charge in [-0.25, -0.2) is 14.5 Å². The first-order valence-electron chi connectivity index (χ1n) is 10.1. The Morgan fingerprint density at radius 2 is 1.58 bits per heavy atom. The number of rotatable bonds is 6. The maximum Gasteiger partial charge on any atom is 0.354 e. The predicted octanol–water partition coefficient (Wildman–Crippen LogP) is 2.35. The van der Waals surface area contributed by atoms with Gasteiger partial charge in [0.15, 0.2) is 22.7 Å². The molecule has 1 N–H and O–H groups in total. The van der Waals surface area contributed by atoms with Gasteiger partial charge in [0.05, 0.1) is 25.5 Å². The minimum absolute atomic E-state index is 0.0117. The number of hydrogen-bond donors (Lipinski definition) is 1. The molecule has 0 saturated heterocycles. The number of benzene rings is 2. The Hall–Kier alpha value is -4.27. The summed E-state index contributed by atoms with van der Waals surface area (Å²) in [6, 6.07) is 16.9. The first-order valence-corrected chi connectivity index (χ1v) is 10.1. The molecule has 1 aliphatic rings. The topological polar surface area (TPSA) is 120 Å². The number of hydrogen-bond acceptors (Lipinski definition) is 7. The van der Waals surface area contributed by atoms with E-state index in [-0.39, 0.29) is 17.1 Å². The fourth-order valence-electron chi connectivity index (χ4n) is 4.25. The number of aliphatic imine (C=N–C) groups is 1. The van der Waals surface area contributed by atoms with E-state index in [1.807, 2.05) is 0 Å². The van der Waals surface area contributed by atoms with Crippen molar-refractivity contribution < 1.29 is 23.9 Å². The number of fused-ring (bicyclic) bond motifs is 1. The highest BCUT2D eigenvalue weighted by molar-refractivity contribution is 6.47. The molecule has 0 bridgehead atoms. The number of para-hydroxylation sites is 1. The van der Waals surface area contributed by atoms with E-state index in [1.165, 1.54) is 11.6 Å². The quantitative estimate of drug-likeness (QED) is 0.458. The van der Waals surface area contributed by atoms with E-state index in [2.05, 4.69) is 10.1 Å². The van der Waals surface area contributed by atoms with Crippen LogP contribution < -0.4 is 5.56 Å². The molecule has 0 radical (unpaired) electrons. The molecule has 33 heavy (non-hydrogen) atoms. The summed E-state index contributed by atoms with van der Waals surface area (Å²) in [6.45, 7) is 1.47. The Kier molecular flexibility index (Phi) is 5.55. The molecule has 0 spiro atoms. The molecule has 2 atom stereocenters. The zero-order valence-corrected chi connectivity index (χ0v) is 18.2. The van der Waals surface area contributed by atoms with Crippen molar-refractivity contribution in [1.29, 1.82) is 0 Å². The van der Waals surface area contributed by atoms with Crippen molar-refractivity contribution in [2.45, 2.75) is 12.3 Å². The van der Waals surface area contributed by atoms with Gasteiger partial charge in [-0.15, -0.1) is 0 Å². The lowest BCUT2D eigenvalue weighted by atomic mass is 9.66. The Morgan fingerprint density at radius 1 is 0.970 bits per heavy atom. The third-order valence-electron chi connectivity index (χ3n) is 5.86. The first kappa shape index (κ1) is 21.9. The standard InChI is InChI=1S/C24H21N3O6/c1-14(18(28)15-10-6-4-7-11-15)24(23(31)33-3)17-20(25-19(24)22(30)32-2)26-27(21(17)29)16-12-8-5-9-13-16/h4-14,26H,1-3H3/t14-,24-/m0/s1. The van der Waals surface area contributed by atoms with Crippen LogP contribution in [0.25, 0.3) is 5.69 Å². The van der Waals surface area contributed by atoms with E-state index >= 15 is 0 Å². The summed E-state index contributed by atoms with van der Waals surface area (Å²) >= 11 is 0. The van der Waals surface area contributed by atoms with Crippen LogP contribution in [0.15, 0.2) is 70.5 Å². The highest BCUT2D eigenvalue weighted by Gasteiger charge is 2.62. The number of H-pyrrole nitrogens is 1. The van der Waals surface area contributed by atoms with Gasteiger partial charge in [0.1, 0.15) is 0 Å². The second-order valence-electron chi connectivity index (χ2n) is 7.52. The zero-order valence-electron chi connectivity index (χ0n) is 18.2. The number of nitrogens with zero attached hydrogens (tertiary/aromatic N) is 2. The summed E-state index contributed by atoms with van der Waals surface area (Å²) in [5, 5.41) is 2.84. The third kappa shape index (κ3) is 3.20. The number of aromatic nitrogens is 2. The molecule has 0 unspecified atom stereocenters. The smallest absolute Gasteiger partial charge is 0.354 e. The van der Waals surface area contributed by atoms with Gasteiger partial charge in [-0.3, -0.25) is 19.5 Å². The van der Waals surface area contributed by atoms with Crippen molar-refractivity contribution in [3.63, 3.8) is 0 Å². The molecule has 1 aliphatic heterocycles. The lowest BCUT2D eigenvalue weighted by Gasteiger charge is -2.31. The average molecular weight is 447 g/mol. The molecule has 9 heteroatoms. The number of aromatic amines is 1. The zero-order chi connectivity index (χ0) is 23.8. The van der Waals surface area contributed by atoms with Crippen LogP contribution in [0.3, 0.4) is 0 Å². The molecular formula is C24H21N3O6. The van der Waals surface area contributed by atoms with Crippen molar-refractivity contribution in [1.82, 2.24) is 9.78 Å². The summed E-state index contributed by atoms with van der Waals surface area (Å²) in [7, 11) is 2.25. The number of Topliss-reactive ketones (excluding diaryl/α,β-unsaturated/α-hetero) is 1. The number of ketones is 1. The van der Waals surface area contributed by atoms with Crippen LogP contribution in [0, 0.1) is 5.92 Å². The number of ether oxygens (including phenoxy) is 2. The van der Waals surface area contributed by atoms with Crippen molar-refractivity contribution in [2.24, 2.45) is 10.9 Å². The summed E-state index contributed by atoms with van der Waals surface area (Å²) in [5.41, 5.74) is -2.45. The number of methoxy groups -OCH3 is 2. The number of carbonyl (C=O) groups excluding carboxylic acids is 3. The molecule has 0 saturated carbocycles. The second-order valence-corrected chi connectivity index (χ2v) is 7.52. The molecule has 1 aromatic heterocycles. The molecule has 2 aromatic carbocycles. The molecule has 0 amide bonds. The normalized spacial score (nSPS) is 17.6. The van der Waals surface area contributed by atoms with Gasteiger partial charge in [0.25, 0.3) is 5.56 Å². The Morgan fingerprint density at radius 3 is 2.15 bits per heavy atom. The van der Waals surface area contributed by atoms with Crippen LogP contribution in [-0.4, -0.2) is 47.4 Å². The second kappa shape index (κ2) is 8.34. The minimum atomic E-state index is -2.10. The van der Waals surface area contributed by atoms with E-state index < -0.39 is 34.6 Å². The fraction of sp³-hybridized carbons (Fsp3) is 0.208. The first-order chi connectivity index (χ1) is 15.9. The summed E-state index contributed by atoms with van der Waals surface area (Å²) in [5.74, 6) is -3.58. The molecule has 2 heterocycles. The summed E-state index contributed by atoms with van der Waals surface area (Å²) in [6.07, 6.45) is 0. The van der Waals surface area contributed by atoms with Gasteiger partial charge >= 0.3 is 11.9 Å². The number of esters is 2. The highest BCUT2D eigenvalue weighted by Crippen LogP contribution is 2.45. The average Bonchev–Trinajstić information content (AvgIpc) is 3.38. The molecule has 4 rings (SSSR count). The Labute approximate surface area is 188 Å². The van der Waals surface area contributed by atoms with Crippen LogP contribution in [0.1, 0.15) is 22.8 Å². The summed E-state index contributed by atoms with van der Waals surface area (Å²) in [4.78, 5) is 57.5. The molecule has 0 aliphatic carbocycles. The monoisotopic (exact) mass is 447 g/mol. The van der Waals surface area contributed by atoms with Gasteiger partial charge in [0, 0.05) is 11.5 Å². The van der Waals surface area contributed by atoms with Gasteiger partial charge in [-0.05, 0) is 12.1 Å². The predicted molar refractivity (Wildman–Crippen MR) is 119 cm³/mol. The SMILES string of the molecule is COC(=O)C1=Nc2[nH]n(-c3ccccc3)c(=O)c2[C@@]1(C(=O)OC)[C@@H](C)C(=O)c1ccccc1. The van der Waals surface area contributed by atoms with Crippen LogP contribution in [0.4, 0.5) is 5.82 Å². The molecule has 3 aromatic rings. The molecule has 0 fully saturated rings. The van der Waals surface area contributed by atoms with Crippen molar-refractivity contribution in [2.75, 3.05) is 14.2 Å². The van der Waals surface area contributed by atoms with E-state index in [9.17, 15) is 19.2 Å². The molecular weight excluding hydrogens is 426 g/mol. The van der Waals surface area contributed by atoms with Gasteiger partial charge < -0.3 is 9.47 Å². The van der Waals surface area contributed by atoms with Gasteiger partial charge in [-0.2, -0.15) is 0 Å². The number of nitrogens with one attached hydrogen (secondary N) is 1. The highest BCUT2D eigenvalue weighted by atomic mass is 16.5. The van der Waals surface area contributed by atoms with Crippen molar-refractivity contribution in [3.8, 4) is 5.69 Å². The van der Waals surface area contributed by atoms with Crippen molar-refractivity contribution in [3.05, 3.63) is 82.1 Å². The largest absolute Gasteiger partial charge is 0.468 e. The van der Waals surface area contributed by atoms with Gasteiger partial charge in [-0.1, -0.05) is 55.5 Å². The lowest BCUT2D eigenvalue weighted by molar-refractivity contribution is -0.147. The van der Waals surface area contributed by atoms with Crippen molar-refractivity contribution >= 4 is 29.3 Å². The summed E-state index contributed by atoms with van der Waals surface area (Å²) < 4.78 is 11.1. The van der Waals surface area contributed by atoms with Crippen LogP contribution in [0.5, 0.6) is 0 Å². The fourth-order valence-corrected chi connectivity index (χ4v) is 4.25. The van der Waals surface area contributed by atoms with Crippen LogP contribution >= 0.6 is 0 Å². The minimum Gasteiger partial charge on any atom is -0.468 e. The van der Waals surface area contributed by atoms with Crippen LogP contribution in [-0.2, 0) is 24.5 Å². The Bertz CT molecular complexity index is 1320. The van der Waals surface area contributed by atoms with E-state index in [4.69, 9.17) is 9.47 Å². The van der Waals surface area contributed by atoms with Crippen LogP contribution in [0.2, 0.25) is 0 Å².